The van der Waals surface area contributed by atoms with Gasteiger partial charge in [0.1, 0.15) is 5.58 Å². The summed E-state index contributed by atoms with van der Waals surface area (Å²) in [5, 5.41) is 2.05. The Kier molecular flexibility index (Phi) is 9.42. The largest absolute Gasteiger partial charge is 0.501 e. The summed E-state index contributed by atoms with van der Waals surface area (Å²) in [7, 11) is 0. The Hall–Kier alpha value is -3.83. The zero-order chi connectivity index (χ0) is 34.9. The number of hydrogen-bond donors (Lipinski definition) is 0. The summed E-state index contributed by atoms with van der Waals surface area (Å²) in [6.45, 7) is 4.42. The van der Waals surface area contributed by atoms with Gasteiger partial charge in [-0.2, -0.15) is 0 Å². The van der Waals surface area contributed by atoms with Crippen LogP contribution in [0.2, 0.25) is 17.3 Å². The van der Waals surface area contributed by atoms with Crippen molar-refractivity contribution in [3.05, 3.63) is 138 Å². The van der Waals surface area contributed by atoms with Gasteiger partial charge in [0.05, 0.1) is 5.58 Å². The Balaban J connectivity index is 0.000000229. The van der Waals surface area contributed by atoms with E-state index in [1.54, 1.807) is 12.1 Å². The molecule has 1 radical (unpaired) electrons. The van der Waals surface area contributed by atoms with Crippen molar-refractivity contribution >= 4 is 39.6 Å². The Morgan fingerprint density at radius 1 is 0.787 bits per heavy atom. The Morgan fingerprint density at radius 2 is 1.57 bits per heavy atom. The Morgan fingerprint density at radius 3 is 2.26 bits per heavy atom. The van der Waals surface area contributed by atoms with Gasteiger partial charge in [0.15, 0.2) is 0 Å². The molecular weight excluding hydrogens is 813 g/mol. The second kappa shape index (κ2) is 14.5. The molecule has 4 aromatic carbocycles. The first kappa shape index (κ1) is 30.5. The molecule has 0 aliphatic carbocycles. The SMILES string of the molecule is Cc1cc(-c2[c-]cccc2)nc[c]1[Ge]([CH3])([CH3])[CH3].[2H]C([2H])([2H])c1ccc(-c2ccc3c(c2)oc2c(-c4cc(C(C)C)ccn4)[c-]ccc23)cc1.[Ir]. The van der Waals surface area contributed by atoms with Crippen LogP contribution < -0.4 is 4.40 Å². The van der Waals surface area contributed by atoms with Crippen LogP contribution >= 0.6 is 0 Å². The van der Waals surface area contributed by atoms with E-state index in [4.69, 9.17) is 8.53 Å². The van der Waals surface area contributed by atoms with Gasteiger partial charge in [-0.15, -0.1) is 18.2 Å². The van der Waals surface area contributed by atoms with Crippen LogP contribution in [0.15, 0.2) is 114 Å². The average molecular weight is 857 g/mol. The van der Waals surface area contributed by atoms with Crippen molar-refractivity contribution < 1.29 is 28.6 Å². The Bertz CT molecular complexity index is 2240. The molecule has 0 spiro atoms. The Labute approximate surface area is 299 Å². The predicted molar refractivity (Wildman–Crippen MR) is 196 cm³/mol. The standard InChI is InChI=1S/C27H22NO.C15H18GeN.Ir/c1-17(2)20-13-14-28-25(15-20)24-6-4-5-23-22-12-11-21(16-26(22)29-27(23)24)19-9-7-18(3)8-10-19;1-12-10-15(13-8-6-5-7-9-13)17-11-14(12)16(2,3)4;/h4-5,7-17H,1-3H3;5-8,10-11H,1-4H3;/q2*-1;/i3D3;;. The van der Waals surface area contributed by atoms with E-state index in [0.29, 0.717) is 11.5 Å². The minimum Gasteiger partial charge on any atom is -0.501 e. The number of fused-ring (bicyclic) bond motifs is 3. The van der Waals surface area contributed by atoms with Crippen LogP contribution in [0.5, 0.6) is 0 Å². The van der Waals surface area contributed by atoms with Gasteiger partial charge in [0.25, 0.3) is 0 Å². The zero-order valence-electron chi connectivity index (χ0n) is 30.6. The van der Waals surface area contributed by atoms with Crippen LogP contribution in [-0.4, -0.2) is 23.2 Å². The molecule has 0 unspecified atom stereocenters. The van der Waals surface area contributed by atoms with Crippen LogP contribution in [0.3, 0.4) is 0 Å². The monoisotopic (exact) mass is 858 g/mol. The molecule has 0 aliphatic heterocycles. The number of rotatable bonds is 5. The number of furan rings is 1. The second-order valence-electron chi connectivity index (χ2n) is 13.0. The van der Waals surface area contributed by atoms with Gasteiger partial charge in [0.2, 0.25) is 0 Å². The zero-order valence-corrected chi connectivity index (χ0v) is 32.1. The molecule has 0 aliphatic rings. The molecule has 0 atom stereocenters. The molecule has 7 rings (SSSR count). The number of aryl methyl sites for hydroxylation is 2. The van der Waals surface area contributed by atoms with Crippen molar-refractivity contribution in [2.75, 3.05) is 0 Å². The van der Waals surface area contributed by atoms with Crippen molar-refractivity contribution in [1.29, 1.82) is 0 Å². The summed E-state index contributed by atoms with van der Waals surface area (Å²) >= 11 is -1.77. The van der Waals surface area contributed by atoms with Crippen LogP contribution in [0, 0.1) is 25.9 Å². The van der Waals surface area contributed by atoms with Gasteiger partial charge in [-0.1, -0.05) is 78.4 Å². The third-order valence-electron chi connectivity index (χ3n) is 8.26. The molecule has 47 heavy (non-hydrogen) atoms. The van der Waals surface area contributed by atoms with Crippen LogP contribution in [-0.2, 0) is 20.1 Å². The number of pyridine rings is 2. The van der Waals surface area contributed by atoms with E-state index >= 15 is 0 Å². The fourth-order valence-electron chi connectivity index (χ4n) is 5.76. The molecule has 0 amide bonds. The molecular formula is C42H40GeIrN2O-2. The average Bonchev–Trinajstić information content (AvgIpc) is 3.46. The van der Waals surface area contributed by atoms with Crippen molar-refractivity contribution in [2.45, 2.75) is 50.8 Å². The van der Waals surface area contributed by atoms with E-state index in [1.165, 1.54) is 15.5 Å². The van der Waals surface area contributed by atoms with Crippen molar-refractivity contribution in [2.24, 2.45) is 0 Å². The fourth-order valence-corrected chi connectivity index (χ4v) is 9.34. The molecule has 0 fully saturated rings. The van der Waals surface area contributed by atoms with Gasteiger partial charge < -0.3 is 9.40 Å². The normalized spacial score (nSPS) is 12.5. The summed E-state index contributed by atoms with van der Waals surface area (Å²) < 4.78 is 30.5. The summed E-state index contributed by atoms with van der Waals surface area (Å²) in [5.74, 6) is 7.61. The fraction of sp³-hybridized carbons (Fsp3) is 0.190. The molecule has 239 valence electrons. The van der Waals surface area contributed by atoms with Crippen LogP contribution in [0.4, 0.5) is 0 Å². The molecule has 7 aromatic rings. The van der Waals surface area contributed by atoms with E-state index in [9.17, 15) is 0 Å². The van der Waals surface area contributed by atoms with Gasteiger partial charge in [-0.3, -0.25) is 0 Å². The van der Waals surface area contributed by atoms with Gasteiger partial charge in [-0.05, 0) is 41.7 Å². The van der Waals surface area contributed by atoms with Crippen molar-refractivity contribution in [3.63, 3.8) is 0 Å². The first-order valence-electron chi connectivity index (χ1n) is 17.2. The number of aromatic nitrogens is 2. The number of hydrogen-bond acceptors (Lipinski definition) is 3. The second-order valence-corrected chi connectivity index (χ2v) is 23.6. The maximum absolute atomic E-state index is 7.56. The number of nitrogens with zero attached hydrogens (tertiary/aromatic N) is 2. The molecule has 0 saturated carbocycles. The summed E-state index contributed by atoms with van der Waals surface area (Å²) in [6, 6.07) is 37.9. The minimum absolute atomic E-state index is 0. The van der Waals surface area contributed by atoms with Gasteiger partial charge in [-0.25, -0.2) is 0 Å². The van der Waals surface area contributed by atoms with Gasteiger partial charge in [0, 0.05) is 35.8 Å². The third-order valence-corrected chi connectivity index (χ3v) is 12.8. The predicted octanol–water partition coefficient (Wildman–Crippen LogP) is 10.9. The van der Waals surface area contributed by atoms with E-state index < -0.39 is 20.1 Å². The van der Waals surface area contributed by atoms with Crippen molar-refractivity contribution in [1.82, 2.24) is 9.97 Å². The minimum atomic E-state index is -2.10. The first-order valence-corrected chi connectivity index (χ1v) is 23.0. The summed E-state index contributed by atoms with van der Waals surface area (Å²) in [5.41, 5.74) is 10.2. The molecule has 3 heterocycles. The van der Waals surface area contributed by atoms with Gasteiger partial charge >= 0.3 is 106 Å². The van der Waals surface area contributed by atoms with Crippen LogP contribution in [0.1, 0.15) is 40.6 Å². The smallest absolute Gasteiger partial charge is 0.121 e. The topological polar surface area (TPSA) is 38.9 Å². The van der Waals surface area contributed by atoms with E-state index in [2.05, 4.69) is 90.6 Å². The van der Waals surface area contributed by atoms with Crippen molar-refractivity contribution in [3.8, 4) is 33.6 Å². The molecule has 0 bridgehead atoms. The summed E-state index contributed by atoms with van der Waals surface area (Å²) in [6.07, 6.45) is 3.91. The molecule has 0 N–H and O–H groups in total. The van der Waals surface area contributed by atoms with E-state index in [0.717, 1.165) is 55.6 Å². The summed E-state index contributed by atoms with van der Waals surface area (Å²) in [4.78, 5) is 9.16. The molecule has 5 heteroatoms. The quantitative estimate of drug-likeness (QED) is 0.128. The van der Waals surface area contributed by atoms with E-state index in [1.807, 2.05) is 66.9 Å². The molecule has 0 saturated heterocycles. The third kappa shape index (κ3) is 7.67. The van der Waals surface area contributed by atoms with E-state index in [-0.39, 0.29) is 20.1 Å². The van der Waals surface area contributed by atoms with Crippen LogP contribution in [0.25, 0.3) is 55.6 Å². The molecule has 3 nitrogen and oxygen atoms in total. The number of benzene rings is 4. The maximum Gasteiger partial charge on any atom is 0.121 e. The first-order chi connectivity index (χ1) is 23.3. The maximum atomic E-state index is 7.56. The molecule has 3 aromatic heterocycles.